The van der Waals surface area contributed by atoms with Gasteiger partial charge in [0.15, 0.2) is 6.29 Å². The Bertz CT molecular complexity index is 1790. The lowest BCUT2D eigenvalue weighted by Gasteiger charge is -2.16. The zero-order chi connectivity index (χ0) is 34.8. The fraction of sp³-hybridized carbons (Fsp3) is 0.417. The lowest BCUT2D eigenvalue weighted by molar-refractivity contribution is -0.193. The maximum absolute atomic E-state index is 12.4. The summed E-state index contributed by atoms with van der Waals surface area (Å²) in [6.45, 7) is 10.0. The summed E-state index contributed by atoms with van der Waals surface area (Å²) in [5.74, 6) is 0. The van der Waals surface area contributed by atoms with Crippen LogP contribution in [0.3, 0.4) is 0 Å². The molecule has 0 N–H and O–H groups in total. The van der Waals surface area contributed by atoms with Gasteiger partial charge >= 0.3 is 12.3 Å². The standard InChI is InChI=1S/C18H23NO3.C16H19NO2.2CO2/c1-3-4-5-14-6-7-15-13(2)10-17(20)19(16(15)11-14)12-18-21-8-9-22-18;1-3-4-5-13-6-7-14-12(2)10-16(19)17(8-9-18)15(14)11-13;2*2-1-3/h6-7,10-11,18H,3-5,8-9,12H2,1-2H3;6-7,9-11H,3-5,8H2,1-2H3;;. The Hall–Kier alpha value is -4.79. The molecular formula is C36H42N2O9. The molecule has 0 radical (unpaired) electrons. The minimum absolute atomic E-state index is 0.0109. The maximum Gasteiger partial charge on any atom is 0.373 e. The normalized spacial score (nSPS) is 12.1. The van der Waals surface area contributed by atoms with Gasteiger partial charge < -0.3 is 23.4 Å². The van der Waals surface area contributed by atoms with Crippen molar-refractivity contribution in [3.05, 3.63) is 91.5 Å². The van der Waals surface area contributed by atoms with Gasteiger partial charge in [0.25, 0.3) is 11.1 Å². The van der Waals surface area contributed by atoms with Crippen LogP contribution in [0.5, 0.6) is 0 Å². The fourth-order valence-corrected chi connectivity index (χ4v) is 5.37. The van der Waals surface area contributed by atoms with Crippen molar-refractivity contribution in [2.24, 2.45) is 0 Å². The number of benzene rings is 2. The molecule has 0 saturated carbocycles. The van der Waals surface area contributed by atoms with E-state index in [4.69, 9.17) is 28.7 Å². The molecule has 1 fully saturated rings. The summed E-state index contributed by atoms with van der Waals surface area (Å²) < 4.78 is 14.3. The molecule has 0 spiro atoms. The molecule has 2 aromatic heterocycles. The Kier molecular flexibility index (Phi) is 16.6. The summed E-state index contributed by atoms with van der Waals surface area (Å²) >= 11 is 0. The number of carbonyl (C=O) groups is 1. The molecule has 5 rings (SSSR count). The maximum atomic E-state index is 12.4. The third kappa shape index (κ3) is 11.2. The van der Waals surface area contributed by atoms with Crippen LogP contribution in [0.1, 0.15) is 61.8 Å². The highest BCUT2D eigenvalue weighted by Crippen LogP contribution is 2.21. The summed E-state index contributed by atoms with van der Waals surface area (Å²) in [5.41, 5.74) is 6.24. The Balaban J connectivity index is 0.000000282. The molecule has 0 amide bonds. The number of aryl methyl sites for hydroxylation is 4. The van der Waals surface area contributed by atoms with Crippen LogP contribution in [-0.2, 0) is 59.4 Å². The summed E-state index contributed by atoms with van der Waals surface area (Å²) in [7, 11) is 0. The van der Waals surface area contributed by atoms with Crippen molar-refractivity contribution in [2.45, 2.75) is 85.6 Å². The molecule has 0 unspecified atom stereocenters. The molecule has 1 aliphatic rings. The molecule has 250 valence electrons. The van der Waals surface area contributed by atoms with Crippen LogP contribution < -0.4 is 11.1 Å². The number of aromatic nitrogens is 2. The second-order valence-corrected chi connectivity index (χ2v) is 11.0. The number of ether oxygens (including phenoxy) is 2. The third-order valence-electron chi connectivity index (χ3n) is 7.69. The summed E-state index contributed by atoms with van der Waals surface area (Å²) in [4.78, 5) is 67.6. The first-order chi connectivity index (χ1) is 22.7. The Morgan fingerprint density at radius 3 is 1.57 bits per heavy atom. The van der Waals surface area contributed by atoms with Gasteiger partial charge in [0.05, 0.1) is 37.3 Å². The number of unbranched alkanes of at least 4 members (excludes halogenated alkanes) is 2. The first kappa shape index (κ1) is 38.4. The predicted octanol–water partition coefficient (Wildman–Crippen LogP) is 4.71. The first-order valence-corrected chi connectivity index (χ1v) is 15.6. The van der Waals surface area contributed by atoms with Crippen molar-refractivity contribution in [2.75, 3.05) is 13.2 Å². The first-order valence-electron chi connectivity index (χ1n) is 15.6. The van der Waals surface area contributed by atoms with E-state index in [0.29, 0.717) is 19.8 Å². The zero-order valence-electron chi connectivity index (χ0n) is 27.4. The highest BCUT2D eigenvalue weighted by molar-refractivity contribution is 5.84. The van der Waals surface area contributed by atoms with Crippen molar-refractivity contribution in [3.8, 4) is 0 Å². The molecule has 11 nitrogen and oxygen atoms in total. The monoisotopic (exact) mass is 646 g/mol. The molecule has 47 heavy (non-hydrogen) atoms. The van der Waals surface area contributed by atoms with Gasteiger partial charge in [-0.3, -0.25) is 9.59 Å². The average molecular weight is 647 g/mol. The van der Waals surface area contributed by atoms with Crippen LogP contribution in [0, 0.1) is 13.8 Å². The van der Waals surface area contributed by atoms with Gasteiger partial charge in [0, 0.05) is 22.9 Å². The van der Waals surface area contributed by atoms with Crippen molar-refractivity contribution in [1.82, 2.24) is 9.13 Å². The van der Waals surface area contributed by atoms with Gasteiger partial charge in [-0.25, -0.2) is 0 Å². The molecule has 2 aromatic carbocycles. The minimum atomic E-state index is -0.317. The van der Waals surface area contributed by atoms with Crippen molar-refractivity contribution < 1.29 is 33.4 Å². The fourth-order valence-electron chi connectivity index (χ4n) is 5.37. The summed E-state index contributed by atoms with van der Waals surface area (Å²) in [6, 6.07) is 15.9. The van der Waals surface area contributed by atoms with Crippen LogP contribution in [0.25, 0.3) is 21.8 Å². The highest BCUT2D eigenvalue weighted by atomic mass is 16.7. The van der Waals surface area contributed by atoms with Gasteiger partial charge in [0.2, 0.25) is 0 Å². The van der Waals surface area contributed by atoms with Crippen LogP contribution in [0.2, 0.25) is 0 Å². The van der Waals surface area contributed by atoms with E-state index in [0.717, 1.165) is 71.3 Å². The highest BCUT2D eigenvalue weighted by Gasteiger charge is 2.19. The quantitative estimate of drug-likeness (QED) is 0.223. The second-order valence-electron chi connectivity index (χ2n) is 11.0. The van der Waals surface area contributed by atoms with E-state index in [1.807, 2.05) is 19.9 Å². The molecule has 11 heteroatoms. The molecule has 0 bridgehead atoms. The topological polar surface area (TPSA) is 148 Å². The zero-order valence-corrected chi connectivity index (χ0v) is 27.4. The lowest BCUT2D eigenvalue weighted by Crippen LogP contribution is -2.27. The van der Waals surface area contributed by atoms with Crippen LogP contribution in [0.15, 0.2) is 58.1 Å². The third-order valence-corrected chi connectivity index (χ3v) is 7.69. The lowest BCUT2D eigenvalue weighted by atomic mass is 10.0. The Morgan fingerprint density at radius 1 is 0.723 bits per heavy atom. The number of fused-ring (bicyclic) bond motifs is 2. The van der Waals surface area contributed by atoms with Gasteiger partial charge in [0.1, 0.15) is 6.29 Å². The Labute approximate surface area is 273 Å². The number of carbonyl (C=O) groups excluding carboxylic acids is 5. The molecule has 4 aromatic rings. The van der Waals surface area contributed by atoms with Crippen LogP contribution in [0.4, 0.5) is 0 Å². The van der Waals surface area contributed by atoms with Crippen LogP contribution in [-0.4, -0.2) is 47.2 Å². The van der Waals surface area contributed by atoms with E-state index in [2.05, 4.69) is 44.2 Å². The Morgan fingerprint density at radius 2 is 1.15 bits per heavy atom. The smallest absolute Gasteiger partial charge is 0.348 e. The van der Waals surface area contributed by atoms with Crippen LogP contribution >= 0.6 is 0 Å². The number of hydrogen-bond donors (Lipinski definition) is 0. The molecule has 1 saturated heterocycles. The van der Waals surface area contributed by atoms with Gasteiger partial charge in [-0.2, -0.15) is 19.2 Å². The van der Waals surface area contributed by atoms with Gasteiger partial charge in [-0.1, -0.05) is 51.0 Å². The summed E-state index contributed by atoms with van der Waals surface area (Å²) in [6.07, 6.45) is 7.62. The largest absolute Gasteiger partial charge is 0.373 e. The van der Waals surface area contributed by atoms with Crippen molar-refractivity contribution in [1.29, 1.82) is 0 Å². The van der Waals surface area contributed by atoms with Gasteiger partial charge in [-0.15, -0.1) is 0 Å². The molecule has 3 heterocycles. The summed E-state index contributed by atoms with van der Waals surface area (Å²) in [5, 5.41) is 2.17. The number of pyridine rings is 2. The van der Waals surface area contributed by atoms with Crippen molar-refractivity contribution >= 4 is 40.4 Å². The second kappa shape index (κ2) is 20.4. The van der Waals surface area contributed by atoms with E-state index in [9.17, 15) is 14.4 Å². The van der Waals surface area contributed by atoms with E-state index in [1.165, 1.54) is 17.5 Å². The van der Waals surface area contributed by atoms with E-state index >= 15 is 0 Å². The predicted molar refractivity (Wildman–Crippen MR) is 175 cm³/mol. The number of aldehydes is 1. The molecular weight excluding hydrogens is 604 g/mol. The number of nitrogens with zero attached hydrogens (tertiary/aromatic N) is 2. The number of rotatable bonds is 10. The van der Waals surface area contributed by atoms with Crippen molar-refractivity contribution in [3.63, 3.8) is 0 Å². The van der Waals surface area contributed by atoms with E-state index in [-0.39, 0.29) is 36.3 Å². The van der Waals surface area contributed by atoms with Gasteiger partial charge in [-0.05, 0) is 73.9 Å². The minimum Gasteiger partial charge on any atom is -0.348 e. The molecule has 0 atom stereocenters. The SMILES string of the molecule is CCCCc1ccc2c(C)cc(=O)n(CC3OCCO3)c2c1.CCCCc1ccc2c(C)cc(=O)n(CC=O)c2c1.O=C=O.O=C=O. The number of hydrogen-bond acceptors (Lipinski definition) is 9. The van der Waals surface area contributed by atoms with E-state index in [1.54, 1.807) is 21.3 Å². The average Bonchev–Trinajstić information content (AvgIpc) is 3.57. The molecule has 0 aliphatic carbocycles. The molecule has 1 aliphatic heterocycles. The van der Waals surface area contributed by atoms with E-state index < -0.39 is 0 Å².